The van der Waals surface area contributed by atoms with Gasteiger partial charge in [-0.05, 0) is 59.9 Å². The number of hydrogen-bond donors (Lipinski definition) is 0. The van der Waals surface area contributed by atoms with Crippen molar-refractivity contribution in [1.82, 2.24) is 0 Å². The van der Waals surface area contributed by atoms with Crippen molar-refractivity contribution in [2.75, 3.05) is 6.54 Å². The van der Waals surface area contributed by atoms with E-state index < -0.39 is 11.7 Å². The van der Waals surface area contributed by atoms with E-state index in [2.05, 4.69) is 18.8 Å². The van der Waals surface area contributed by atoms with E-state index >= 15 is 0 Å². The second kappa shape index (κ2) is 11.2. The highest BCUT2D eigenvalue weighted by Gasteiger charge is 2.33. The van der Waals surface area contributed by atoms with Crippen LogP contribution in [0, 0.1) is 5.92 Å². The maximum absolute atomic E-state index is 12.9. The lowest BCUT2D eigenvalue weighted by Gasteiger charge is -2.12. The van der Waals surface area contributed by atoms with Crippen LogP contribution in [0.4, 0.5) is 13.2 Å². The third-order valence-corrected chi connectivity index (χ3v) is 5.10. The Balaban J connectivity index is 1.90. The second-order valence-electron chi connectivity index (χ2n) is 7.08. The summed E-state index contributed by atoms with van der Waals surface area (Å²) in [7, 11) is 0. The van der Waals surface area contributed by atoms with Gasteiger partial charge in [-0.15, -0.1) is 0 Å². The minimum absolute atomic E-state index is 0.0310. The summed E-state index contributed by atoms with van der Waals surface area (Å²) >= 11 is 5.64. The number of benzene rings is 2. The Bertz CT molecular complexity index is 788. The number of halogens is 4. The summed E-state index contributed by atoms with van der Waals surface area (Å²) in [6.45, 7) is 5.25. The molecule has 0 saturated heterocycles. The lowest BCUT2D eigenvalue weighted by Crippen LogP contribution is -2.07. The third-order valence-electron chi connectivity index (χ3n) is 4.77. The number of unbranched alkanes of at least 4 members (excludes halogenated alkanes) is 1. The molecule has 1 atom stereocenters. The Morgan fingerprint density at radius 2 is 1.83 bits per heavy atom. The molecule has 0 N–H and O–H groups in total. The van der Waals surface area contributed by atoms with Gasteiger partial charge in [0.15, 0.2) is 0 Å². The topological polar surface area (TPSA) is 21.6 Å². The quantitative estimate of drug-likeness (QED) is 0.359. The molecule has 158 valence electrons. The van der Waals surface area contributed by atoms with Gasteiger partial charge in [-0.1, -0.05) is 50.8 Å². The van der Waals surface area contributed by atoms with Crippen LogP contribution in [0.3, 0.4) is 0 Å². The molecule has 0 aliphatic carbocycles. The van der Waals surface area contributed by atoms with Gasteiger partial charge in [0, 0.05) is 12.8 Å². The highest BCUT2D eigenvalue weighted by molar-refractivity contribution is 6.31. The monoisotopic (exact) mass is 425 g/mol. The van der Waals surface area contributed by atoms with Crippen molar-refractivity contribution < 1.29 is 17.9 Å². The van der Waals surface area contributed by atoms with E-state index in [-0.39, 0.29) is 11.6 Å². The summed E-state index contributed by atoms with van der Waals surface area (Å²) < 4.78 is 44.4. The minimum atomic E-state index is -4.48. The third kappa shape index (κ3) is 7.73. The molecule has 0 aliphatic heterocycles. The van der Waals surface area contributed by atoms with Gasteiger partial charge >= 0.3 is 6.18 Å². The molecule has 0 spiro atoms. The molecular weight excluding hydrogens is 399 g/mol. The SMILES string of the molecule is CCCCC(CC)CN=Cc1ccc(OCc2ccc(Cl)c(C(F)(F)F)c2)cc1. The van der Waals surface area contributed by atoms with Crippen molar-refractivity contribution in [3.63, 3.8) is 0 Å². The van der Waals surface area contributed by atoms with Gasteiger partial charge in [-0.3, -0.25) is 4.99 Å². The van der Waals surface area contributed by atoms with E-state index in [0.717, 1.165) is 24.6 Å². The van der Waals surface area contributed by atoms with Gasteiger partial charge in [-0.2, -0.15) is 13.2 Å². The predicted octanol–water partition coefficient (Wildman–Crippen LogP) is 7.57. The average molecular weight is 426 g/mol. The highest BCUT2D eigenvalue weighted by Crippen LogP contribution is 2.35. The van der Waals surface area contributed by atoms with Gasteiger partial charge in [0.25, 0.3) is 0 Å². The van der Waals surface area contributed by atoms with Gasteiger partial charge in [0.05, 0.1) is 10.6 Å². The van der Waals surface area contributed by atoms with Crippen molar-refractivity contribution in [1.29, 1.82) is 0 Å². The van der Waals surface area contributed by atoms with Crippen molar-refractivity contribution >= 4 is 17.8 Å². The van der Waals surface area contributed by atoms with Crippen molar-refractivity contribution in [2.45, 2.75) is 52.3 Å². The highest BCUT2D eigenvalue weighted by atomic mass is 35.5. The van der Waals surface area contributed by atoms with Crippen molar-refractivity contribution in [2.24, 2.45) is 10.9 Å². The van der Waals surface area contributed by atoms with Crippen LogP contribution in [0.1, 0.15) is 56.2 Å². The first kappa shape index (κ1) is 23.3. The van der Waals surface area contributed by atoms with Gasteiger partial charge in [0.2, 0.25) is 0 Å². The van der Waals surface area contributed by atoms with Crippen LogP contribution in [0.5, 0.6) is 5.75 Å². The zero-order chi connectivity index (χ0) is 21.3. The Morgan fingerprint density at radius 1 is 1.10 bits per heavy atom. The first-order chi connectivity index (χ1) is 13.8. The van der Waals surface area contributed by atoms with E-state index in [1.54, 1.807) is 12.1 Å². The smallest absolute Gasteiger partial charge is 0.417 e. The first-order valence-corrected chi connectivity index (χ1v) is 10.3. The second-order valence-corrected chi connectivity index (χ2v) is 7.49. The van der Waals surface area contributed by atoms with Crippen LogP contribution >= 0.6 is 11.6 Å². The summed E-state index contributed by atoms with van der Waals surface area (Å²) in [4.78, 5) is 4.55. The molecule has 1 unspecified atom stereocenters. The van der Waals surface area contributed by atoms with Gasteiger partial charge in [-0.25, -0.2) is 0 Å². The fraction of sp³-hybridized carbons (Fsp3) is 0.435. The number of nitrogens with zero attached hydrogens (tertiary/aromatic N) is 1. The Morgan fingerprint density at radius 3 is 2.45 bits per heavy atom. The zero-order valence-corrected chi connectivity index (χ0v) is 17.6. The van der Waals surface area contributed by atoms with Crippen LogP contribution in [-0.4, -0.2) is 12.8 Å². The molecule has 0 heterocycles. The molecule has 2 rings (SSSR count). The van der Waals surface area contributed by atoms with E-state index in [1.807, 2.05) is 18.3 Å². The Labute approximate surface area is 175 Å². The normalized spacial score (nSPS) is 13.0. The fourth-order valence-corrected chi connectivity index (χ4v) is 3.15. The molecule has 2 nitrogen and oxygen atoms in total. The maximum Gasteiger partial charge on any atom is 0.417 e. The molecular formula is C23H27ClF3NO. The molecule has 0 radical (unpaired) electrons. The predicted molar refractivity (Wildman–Crippen MR) is 113 cm³/mol. The van der Waals surface area contributed by atoms with E-state index in [4.69, 9.17) is 16.3 Å². The molecule has 0 bridgehead atoms. The summed E-state index contributed by atoms with van der Waals surface area (Å²) in [5, 5.41) is -0.315. The number of rotatable bonds is 10. The van der Waals surface area contributed by atoms with Crippen LogP contribution in [0.25, 0.3) is 0 Å². The molecule has 0 aromatic heterocycles. The van der Waals surface area contributed by atoms with E-state index in [0.29, 0.717) is 17.2 Å². The van der Waals surface area contributed by atoms with Crippen LogP contribution in [-0.2, 0) is 12.8 Å². The largest absolute Gasteiger partial charge is 0.489 e. The van der Waals surface area contributed by atoms with Crippen molar-refractivity contribution in [3.8, 4) is 5.75 Å². The molecule has 2 aromatic rings. The molecule has 0 aliphatic rings. The number of ether oxygens (including phenoxy) is 1. The van der Waals surface area contributed by atoms with Crippen molar-refractivity contribution in [3.05, 3.63) is 64.2 Å². The number of alkyl halides is 3. The number of hydrogen-bond acceptors (Lipinski definition) is 2. The molecule has 0 saturated carbocycles. The average Bonchev–Trinajstić information content (AvgIpc) is 2.70. The van der Waals surface area contributed by atoms with Crippen LogP contribution < -0.4 is 4.74 Å². The van der Waals surface area contributed by atoms with Gasteiger partial charge < -0.3 is 4.74 Å². The standard InChI is InChI=1S/C23H27ClF3NO/c1-3-5-6-17(4-2)14-28-15-18-7-10-20(11-8-18)29-16-19-9-12-22(24)21(13-19)23(25,26)27/h7-13,15,17H,3-6,14,16H2,1-2H3. The fourth-order valence-electron chi connectivity index (χ4n) is 2.92. The minimum Gasteiger partial charge on any atom is -0.489 e. The Hall–Kier alpha value is -2.01. The summed E-state index contributed by atoms with van der Waals surface area (Å²) in [6.07, 6.45) is 2.14. The van der Waals surface area contributed by atoms with E-state index in [9.17, 15) is 13.2 Å². The first-order valence-electron chi connectivity index (χ1n) is 9.91. The summed E-state index contributed by atoms with van der Waals surface area (Å²) in [5.74, 6) is 1.20. The summed E-state index contributed by atoms with van der Waals surface area (Å²) in [6, 6.07) is 11.1. The molecule has 0 amide bonds. The molecule has 2 aromatic carbocycles. The van der Waals surface area contributed by atoms with Gasteiger partial charge in [0.1, 0.15) is 12.4 Å². The zero-order valence-electron chi connectivity index (χ0n) is 16.8. The molecule has 0 fully saturated rings. The lowest BCUT2D eigenvalue weighted by atomic mass is 10.00. The molecule has 29 heavy (non-hydrogen) atoms. The lowest BCUT2D eigenvalue weighted by molar-refractivity contribution is -0.137. The van der Waals surface area contributed by atoms with E-state index in [1.165, 1.54) is 31.4 Å². The van der Waals surface area contributed by atoms with Crippen LogP contribution in [0.15, 0.2) is 47.5 Å². The number of aliphatic imine (C=N–C) groups is 1. The summed E-state index contributed by atoms with van der Waals surface area (Å²) in [5.41, 5.74) is 0.523. The van der Waals surface area contributed by atoms with Crippen LogP contribution in [0.2, 0.25) is 5.02 Å². The maximum atomic E-state index is 12.9. The molecule has 6 heteroatoms. The Kier molecular flexibility index (Phi) is 9.02.